The summed E-state index contributed by atoms with van der Waals surface area (Å²) in [5, 5.41) is 7.43. The Morgan fingerprint density at radius 1 is 1.50 bits per heavy atom. The Kier molecular flexibility index (Phi) is 4.04. The van der Waals surface area contributed by atoms with Gasteiger partial charge in [-0.1, -0.05) is 17.7 Å². The molecule has 3 nitrogen and oxygen atoms in total. The van der Waals surface area contributed by atoms with Gasteiger partial charge in [-0.3, -0.25) is 4.68 Å². The molecule has 0 radical (unpaired) electrons. The molecule has 0 bridgehead atoms. The fourth-order valence-corrected chi connectivity index (χ4v) is 2.59. The smallest absolute Gasteiger partial charge is 0.142 e. The van der Waals surface area contributed by atoms with E-state index in [1.807, 2.05) is 14.1 Å². The van der Waals surface area contributed by atoms with Crippen molar-refractivity contribution in [3.63, 3.8) is 0 Å². The summed E-state index contributed by atoms with van der Waals surface area (Å²) in [5.74, 6) is -0.423. The van der Waals surface area contributed by atoms with Crippen molar-refractivity contribution in [1.29, 1.82) is 0 Å². The van der Waals surface area contributed by atoms with E-state index in [-0.39, 0.29) is 11.1 Å². The van der Waals surface area contributed by atoms with Crippen molar-refractivity contribution < 1.29 is 4.39 Å². The fourth-order valence-electron chi connectivity index (χ4n) is 1.90. The van der Waals surface area contributed by atoms with Crippen LogP contribution in [-0.2, 0) is 7.05 Å². The molecule has 1 heterocycles. The molecule has 1 atom stereocenters. The van der Waals surface area contributed by atoms with E-state index in [1.165, 1.54) is 6.07 Å². The number of aryl methyl sites for hydroxylation is 1. The van der Waals surface area contributed by atoms with Crippen molar-refractivity contribution in [2.45, 2.75) is 6.04 Å². The molecule has 1 aromatic heterocycles. The van der Waals surface area contributed by atoms with Crippen molar-refractivity contribution in [1.82, 2.24) is 15.1 Å². The molecule has 0 aliphatic rings. The standard InChI is InChI=1S/C12H12BrClFN3/c1-16-11(12-8(13)6-17-18(12)2)7-3-4-9(14)10(15)5-7/h3-6,11,16H,1-2H3. The second-order valence-electron chi connectivity index (χ2n) is 3.90. The van der Waals surface area contributed by atoms with E-state index in [2.05, 4.69) is 26.3 Å². The molecule has 2 rings (SSSR count). The normalized spacial score (nSPS) is 12.7. The molecule has 0 saturated heterocycles. The summed E-state index contributed by atoms with van der Waals surface area (Å²) >= 11 is 9.14. The molecular formula is C12H12BrClFN3. The average Bonchev–Trinajstić information content (AvgIpc) is 2.66. The highest BCUT2D eigenvalue weighted by Gasteiger charge is 2.20. The number of hydrogen-bond acceptors (Lipinski definition) is 2. The Hall–Kier alpha value is -0.910. The molecule has 1 N–H and O–H groups in total. The number of nitrogens with one attached hydrogen (secondary N) is 1. The van der Waals surface area contributed by atoms with Gasteiger partial charge < -0.3 is 5.32 Å². The summed E-state index contributed by atoms with van der Waals surface area (Å²) in [6, 6.07) is 4.63. The van der Waals surface area contributed by atoms with Crippen LogP contribution in [0.4, 0.5) is 4.39 Å². The van der Waals surface area contributed by atoms with Crippen molar-refractivity contribution in [2.75, 3.05) is 7.05 Å². The van der Waals surface area contributed by atoms with E-state index in [1.54, 1.807) is 23.0 Å². The molecule has 0 aliphatic carbocycles. The van der Waals surface area contributed by atoms with Gasteiger partial charge in [0.1, 0.15) is 5.82 Å². The summed E-state index contributed by atoms with van der Waals surface area (Å²) in [5.41, 5.74) is 1.72. The first kappa shape index (κ1) is 13.5. The van der Waals surface area contributed by atoms with Gasteiger partial charge in [-0.05, 0) is 40.7 Å². The Morgan fingerprint density at radius 3 is 2.72 bits per heavy atom. The third-order valence-corrected chi connectivity index (χ3v) is 3.69. The molecule has 0 spiro atoms. The van der Waals surface area contributed by atoms with Gasteiger partial charge >= 0.3 is 0 Å². The van der Waals surface area contributed by atoms with E-state index in [9.17, 15) is 4.39 Å². The first-order valence-corrected chi connectivity index (χ1v) is 6.51. The highest BCUT2D eigenvalue weighted by molar-refractivity contribution is 9.10. The number of halogens is 3. The van der Waals surface area contributed by atoms with E-state index in [0.29, 0.717) is 0 Å². The van der Waals surface area contributed by atoms with Gasteiger partial charge in [-0.25, -0.2) is 4.39 Å². The topological polar surface area (TPSA) is 29.9 Å². The van der Waals surface area contributed by atoms with Crippen LogP contribution in [0, 0.1) is 5.82 Å². The number of benzene rings is 1. The van der Waals surface area contributed by atoms with Gasteiger partial charge in [-0.2, -0.15) is 5.10 Å². The Labute approximate surface area is 118 Å². The van der Waals surface area contributed by atoms with Gasteiger partial charge in [0.25, 0.3) is 0 Å². The number of nitrogens with zero attached hydrogens (tertiary/aromatic N) is 2. The highest BCUT2D eigenvalue weighted by atomic mass is 79.9. The lowest BCUT2D eigenvalue weighted by Crippen LogP contribution is -2.21. The second kappa shape index (κ2) is 5.38. The lowest BCUT2D eigenvalue weighted by atomic mass is 10.0. The third-order valence-electron chi connectivity index (χ3n) is 2.78. The molecule has 1 unspecified atom stereocenters. The molecule has 2 aromatic rings. The van der Waals surface area contributed by atoms with Crippen LogP contribution in [0.3, 0.4) is 0 Å². The summed E-state index contributed by atoms with van der Waals surface area (Å²) in [6.07, 6.45) is 1.71. The van der Waals surface area contributed by atoms with Crippen LogP contribution in [-0.4, -0.2) is 16.8 Å². The Morgan fingerprint density at radius 2 is 2.22 bits per heavy atom. The van der Waals surface area contributed by atoms with Crippen LogP contribution >= 0.6 is 27.5 Å². The van der Waals surface area contributed by atoms with E-state index in [0.717, 1.165) is 15.7 Å². The van der Waals surface area contributed by atoms with Gasteiger partial charge in [0.2, 0.25) is 0 Å². The number of rotatable bonds is 3. The van der Waals surface area contributed by atoms with Crippen LogP contribution < -0.4 is 5.32 Å². The lowest BCUT2D eigenvalue weighted by Gasteiger charge is -2.18. The molecule has 96 valence electrons. The molecule has 6 heteroatoms. The van der Waals surface area contributed by atoms with Gasteiger partial charge in [0.15, 0.2) is 0 Å². The lowest BCUT2D eigenvalue weighted by molar-refractivity contribution is 0.590. The van der Waals surface area contributed by atoms with Crippen LogP contribution in [0.5, 0.6) is 0 Å². The van der Waals surface area contributed by atoms with Crippen molar-refractivity contribution in [3.05, 3.63) is 51.0 Å². The largest absolute Gasteiger partial charge is 0.308 e. The zero-order valence-electron chi connectivity index (χ0n) is 9.92. The Balaban J connectivity index is 2.48. The molecule has 0 aliphatic heterocycles. The maximum Gasteiger partial charge on any atom is 0.142 e. The van der Waals surface area contributed by atoms with Crippen molar-refractivity contribution in [2.24, 2.45) is 7.05 Å². The maximum atomic E-state index is 13.5. The maximum absolute atomic E-state index is 13.5. The van der Waals surface area contributed by atoms with Crippen molar-refractivity contribution in [3.8, 4) is 0 Å². The quantitative estimate of drug-likeness (QED) is 0.935. The zero-order valence-corrected chi connectivity index (χ0v) is 12.3. The second-order valence-corrected chi connectivity index (χ2v) is 5.16. The summed E-state index contributed by atoms with van der Waals surface area (Å²) in [4.78, 5) is 0. The van der Waals surface area contributed by atoms with Crippen LogP contribution in [0.2, 0.25) is 5.02 Å². The predicted octanol–water partition coefficient (Wildman–Crippen LogP) is 3.28. The summed E-state index contributed by atoms with van der Waals surface area (Å²) in [7, 11) is 3.66. The van der Waals surface area contributed by atoms with Crippen LogP contribution in [0.1, 0.15) is 17.3 Å². The van der Waals surface area contributed by atoms with E-state index in [4.69, 9.17) is 11.6 Å². The molecule has 18 heavy (non-hydrogen) atoms. The first-order valence-electron chi connectivity index (χ1n) is 5.34. The minimum absolute atomic E-state index is 0.123. The molecule has 1 aromatic carbocycles. The van der Waals surface area contributed by atoms with Crippen molar-refractivity contribution >= 4 is 27.5 Å². The average molecular weight is 333 g/mol. The predicted molar refractivity (Wildman–Crippen MR) is 73.2 cm³/mol. The van der Waals surface area contributed by atoms with Gasteiger partial charge in [-0.15, -0.1) is 0 Å². The van der Waals surface area contributed by atoms with Crippen LogP contribution in [0.25, 0.3) is 0 Å². The Bertz CT molecular complexity index is 551. The molecule has 0 saturated carbocycles. The SMILES string of the molecule is CNC(c1ccc(Cl)c(F)c1)c1c(Br)cnn1C. The minimum Gasteiger partial charge on any atom is -0.308 e. The third kappa shape index (κ3) is 2.43. The van der Waals surface area contributed by atoms with Gasteiger partial charge in [0.05, 0.1) is 27.4 Å². The fraction of sp³-hybridized carbons (Fsp3) is 0.250. The molecule has 0 amide bonds. The number of aromatic nitrogens is 2. The molecule has 0 fully saturated rings. The summed E-state index contributed by atoms with van der Waals surface area (Å²) < 4.78 is 16.1. The minimum atomic E-state index is -0.423. The monoisotopic (exact) mass is 331 g/mol. The zero-order chi connectivity index (χ0) is 13.3. The molecular weight excluding hydrogens is 321 g/mol. The van der Waals surface area contributed by atoms with Gasteiger partial charge in [0, 0.05) is 7.05 Å². The first-order chi connectivity index (χ1) is 8.54. The summed E-state index contributed by atoms with van der Waals surface area (Å²) in [6.45, 7) is 0. The highest BCUT2D eigenvalue weighted by Crippen LogP contribution is 2.29. The van der Waals surface area contributed by atoms with Crippen LogP contribution in [0.15, 0.2) is 28.9 Å². The van der Waals surface area contributed by atoms with E-state index < -0.39 is 5.82 Å². The number of hydrogen-bond donors (Lipinski definition) is 1. The van der Waals surface area contributed by atoms with E-state index >= 15 is 0 Å².